The van der Waals surface area contributed by atoms with Gasteiger partial charge in [0.05, 0.1) is 31.5 Å². The minimum absolute atomic E-state index is 0.0223. The van der Waals surface area contributed by atoms with E-state index in [-0.39, 0.29) is 6.54 Å². The largest absolute Gasteiger partial charge is 0.416 e. The summed E-state index contributed by atoms with van der Waals surface area (Å²) in [6, 6.07) is 15.7. The number of ether oxygens (including phenoxy) is 1. The van der Waals surface area contributed by atoms with Gasteiger partial charge in [-0.1, -0.05) is 35.9 Å². The highest BCUT2D eigenvalue weighted by molar-refractivity contribution is 6.30. The molecular formula is C28H22ClF3N6O2. The van der Waals surface area contributed by atoms with Crippen LogP contribution in [-0.4, -0.2) is 50.7 Å². The number of rotatable bonds is 5. The summed E-state index contributed by atoms with van der Waals surface area (Å²) in [4.78, 5) is 20.0. The first-order chi connectivity index (χ1) is 19.3. The summed E-state index contributed by atoms with van der Waals surface area (Å²) in [7, 11) is 0. The number of anilines is 1. The molecular weight excluding hydrogens is 545 g/mol. The van der Waals surface area contributed by atoms with Crippen molar-refractivity contribution in [3.63, 3.8) is 0 Å². The summed E-state index contributed by atoms with van der Waals surface area (Å²) < 4.78 is 46.7. The van der Waals surface area contributed by atoms with Crippen LogP contribution in [0.4, 0.5) is 19.0 Å². The molecule has 1 aliphatic rings. The first kappa shape index (κ1) is 26.0. The normalized spacial score (nSPS) is 14.2. The Morgan fingerprint density at radius 1 is 0.900 bits per heavy atom. The van der Waals surface area contributed by atoms with Crippen molar-refractivity contribution in [3.8, 4) is 22.3 Å². The van der Waals surface area contributed by atoms with E-state index in [1.165, 1.54) is 21.3 Å². The Balaban J connectivity index is 1.43. The number of fused-ring (bicyclic) bond motifs is 1. The number of hydrogen-bond donors (Lipinski definition) is 0. The number of halogens is 4. The Bertz CT molecular complexity index is 1710. The van der Waals surface area contributed by atoms with E-state index < -0.39 is 17.4 Å². The van der Waals surface area contributed by atoms with E-state index in [4.69, 9.17) is 16.3 Å². The van der Waals surface area contributed by atoms with Gasteiger partial charge in [-0.15, -0.1) is 5.10 Å². The number of nitrogens with zero attached hydrogens (tertiary/aromatic N) is 6. The van der Waals surface area contributed by atoms with Crippen LogP contribution < -0.4 is 10.6 Å². The van der Waals surface area contributed by atoms with E-state index in [1.807, 2.05) is 24.3 Å². The third-order valence-corrected chi connectivity index (χ3v) is 7.01. The first-order valence-corrected chi connectivity index (χ1v) is 12.9. The van der Waals surface area contributed by atoms with Gasteiger partial charge in [-0.3, -0.25) is 0 Å². The smallest absolute Gasteiger partial charge is 0.378 e. The van der Waals surface area contributed by atoms with Gasteiger partial charge in [0.15, 0.2) is 5.65 Å². The van der Waals surface area contributed by atoms with Crippen molar-refractivity contribution in [2.75, 3.05) is 31.2 Å². The summed E-state index contributed by atoms with van der Waals surface area (Å²) in [5.74, 6) is 0.839. The summed E-state index contributed by atoms with van der Waals surface area (Å²) in [6.45, 7) is 2.79. The minimum Gasteiger partial charge on any atom is -0.378 e. The Kier molecular flexibility index (Phi) is 6.77. The molecule has 8 nitrogen and oxygen atoms in total. The van der Waals surface area contributed by atoms with Crippen LogP contribution in [0.25, 0.3) is 27.9 Å². The molecule has 12 heteroatoms. The maximum absolute atomic E-state index is 13.2. The van der Waals surface area contributed by atoms with Crippen molar-refractivity contribution >= 4 is 23.1 Å². The number of pyridine rings is 1. The fraction of sp³-hybridized carbons (Fsp3) is 0.214. The van der Waals surface area contributed by atoms with Crippen LogP contribution in [0.15, 0.2) is 77.9 Å². The lowest BCUT2D eigenvalue weighted by Gasteiger charge is -2.27. The van der Waals surface area contributed by atoms with Gasteiger partial charge in [-0.25, -0.2) is 14.5 Å². The quantitative estimate of drug-likeness (QED) is 0.292. The van der Waals surface area contributed by atoms with Gasteiger partial charge in [0, 0.05) is 41.0 Å². The van der Waals surface area contributed by atoms with Crippen molar-refractivity contribution < 1.29 is 17.9 Å². The molecule has 1 aliphatic heterocycles. The van der Waals surface area contributed by atoms with Crippen molar-refractivity contribution in [3.05, 3.63) is 99.7 Å². The number of alkyl halides is 3. The topological polar surface area (TPSA) is 77.5 Å². The Labute approximate surface area is 231 Å². The second-order valence-electron chi connectivity index (χ2n) is 9.31. The maximum Gasteiger partial charge on any atom is 0.416 e. The number of benzene rings is 2. The minimum atomic E-state index is -4.44. The zero-order valence-corrected chi connectivity index (χ0v) is 21.7. The predicted molar refractivity (Wildman–Crippen MR) is 145 cm³/mol. The van der Waals surface area contributed by atoms with Crippen LogP contribution in [0.1, 0.15) is 11.1 Å². The average molecular weight is 567 g/mol. The molecule has 0 bridgehead atoms. The molecule has 0 unspecified atom stereocenters. The number of morpholine rings is 1. The second kappa shape index (κ2) is 10.4. The molecule has 0 N–H and O–H groups in total. The van der Waals surface area contributed by atoms with Crippen LogP contribution in [0, 0.1) is 0 Å². The third kappa shape index (κ3) is 5.05. The predicted octanol–water partition coefficient (Wildman–Crippen LogP) is 5.18. The van der Waals surface area contributed by atoms with Crippen molar-refractivity contribution in [1.29, 1.82) is 0 Å². The van der Waals surface area contributed by atoms with Crippen molar-refractivity contribution in [2.24, 2.45) is 0 Å². The standard InChI is InChI=1S/C28H22ClF3N6O2/c29-22-8-3-19(4-9-22)25-23(20-5-10-24(33-15-20)36-11-13-40-14-12-36)16-34-38-26(25)35-37(27(38)39)17-18-1-6-21(7-2-18)28(30,31)32/h1-10,15-16H,11-14,17H2. The summed E-state index contributed by atoms with van der Waals surface area (Å²) in [5, 5.41) is 9.49. The zero-order chi connectivity index (χ0) is 27.9. The van der Waals surface area contributed by atoms with Crippen LogP contribution in [0.5, 0.6) is 0 Å². The van der Waals surface area contributed by atoms with Gasteiger partial charge < -0.3 is 9.64 Å². The van der Waals surface area contributed by atoms with Gasteiger partial charge in [0.1, 0.15) is 5.82 Å². The average Bonchev–Trinajstić information content (AvgIpc) is 3.28. The molecule has 40 heavy (non-hydrogen) atoms. The number of hydrogen-bond acceptors (Lipinski definition) is 6. The Morgan fingerprint density at radius 2 is 1.60 bits per heavy atom. The summed E-state index contributed by atoms with van der Waals surface area (Å²) >= 11 is 6.14. The SMILES string of the molecule is O=c1n(Cc2ccc(C(F)(F)F)cc2)nc2c(-c3ccc(Cl)cc3)c(-c3ccc(N4CCOCC4)nc3)cnn12. The van der Waals surface area contributed by atoms with Gasteiger partial charge in [0.2, 0.25) is 0 Å². The van der Waals surface area contributed by atoms with Crippen molar-refractivity contribution in [2.45, 2.75) is 12.7 Å². The molecule has 1 saturated heterocycles. The highest BCUT2D eigenvalue weighted by atomic mass is 35.5. The summed E-state index contributed by atoms with van der Waals surface area (Å²) in [6.07, 6.45) is -1.09. The Morgan fingerprint density at radius 3 is 2.25 bits per heavy atom. The lowest BCUT2D eigenvalue weighted by molar-refractivity contribution is -0.137. The van der Waals surface area contributed by atoms with Gasteiger partial charge in [-0.05, 0) is 47.5 Å². The molecule has 4 heterocycles. The van der Waals surface area contributed by atoms with E-state index in [2.05, 4.69) is 20.1 Å². The highest BCUT2D eigenvalue weighted by Gasteiger charge is 2.30. The molecule has 1 fully saturated rings. The lowest BCUT2D eigenvalue weighted by atomic mass is 9.98. The van der Waals surface area contributed by atoms with Crippen LogP contribution in [-0.2, 0) is 17.5 Å². The van der Waals surface area contributed by atoms with E-state index >= 15 is 0 Å². The molecule has 6 rings (SSSR count). The number of aromatic nitrogens is 5. The fourth-order valence-corrected chi connectivity index (χ4v) is 4.81. The molecule has 0 radical (unpaired) electrons. The molecule has 3 aromatic heterocycles. The first-order valence-electron chi connectivity index (χ1n) is 12.5. The molecule has 2 aromatic carbocycles. The lowest BCUT2D eigenvalue weighted by Crippen LogP contribution is -2.36. The molecule has 0 amide bonds. The van der Waals surface area contributed by atoms with E-state index in [0.29, 0.717) is 40.6 Å². The molecule has 5 aromatic rings. The summed E-state index contributed by atoms with van der Waals surface area (Å²) in [5.41, 5.74) is 2.42. The van der Waals surface area contributed by atoms with Crippen LogP contribution in [0.3, 0.4) is 0 Å². The second-order valence-corrected chi connectivity index (χ2v) is 9.75. The van der Waals surface area contributed by atoms with Gasteiger partial charge in [0.25, 0.3) is 0 Å². The maximum atomic E-state index is 13.2. The Hall–Kier alpha value is -4.22. The molecule has 0 aliphatic carbocycles. The van der Waals surface area contributed by atoms with Gasteiger partial charge >= 0.3 is 11.9 Å². The van der Waals surface area contributed by atoms with E-state index in [0.717, 1.165) is 42.2 Å². The highest BCUT2D eigenvalue weighted by Crippen LogP contribution is 2.35. The molecule has 0 spiro atoms. The third-order valence-electron chi connectivity index (χ3n) is 6.75. The molecule has 204 valence electrons. The van der Waals surface area contributed by atoms with E-state index in [9.17, 15) is 18.0 Å². The monoisotopic (exact) mass is 566 g/mol. The van der Waals surface area contributed by atoms with E-state index in [1.54, 1.807) is 24.5 Å². The van der Waals surface area contributed by atoms with Crippen molar-refractivity contribution in [1.82, 2.24) is 24.4 Å². The van der Waals surface area contributed by atoms with Crippen LogP contribution >= 0.6 is 11.6 Å². The molecule has 0 saturated carbocycles. The van der Waals surface area contributed by atoms with Gasteiger partial charge in [-0.2, -0.15) is 22.8 Å². The molecule has 0 atom stereocenters. The fourth-order valence-electron chi connectivity index (χ4n) is 4.68. The van der Waals surface area contributed by atoms with Crippen LogP contribution in [0.2, 0.25) is 5.02 Å². The zero-order valence-electron chi connectivity index (χ0n) is 21.0.